The predicted octanol–water partition coefficient (Wildman–Crippen LogP) is 2.63. The summed E-state index contributed by atoms with van der Waals surface area (Å²) in [5, 5.41) is 0.537. The number of nitrogens with zero attached hydrogens (tertiary/aromatic N) is 2. The summed E-state index contributed by atoms with van der Waals surface area (Å²) in [6.07, 6.45) is 2.29. The van der Waals surface area contributed by atoms with Gasteiger partial charge in [0.1, 0.15) is 6.10 Å². The molecule has 2 rings (SSSR count). The topological polar surface area (TPSA) is 78.1 Å². The summed E-state index contributed by atoms with van der Waals surface area (Å²) >= 11 is 6.04. The van der Waals surface area contributed by atoms with Crippen LogP contribution in [-0.4, -0.2) is 15.9 Å². The van der Waals surface area contributed by atoms with Crippen LogP contribution in [0.15, 0.2) is 36.7 Å². The fraction of sp³-hybridized carbons (Fsp3) is 0.154. The molecule has 1 heterocycles. The average molecular weight is 278 g/mol. The van der Waals surface area contributed by atoms with E-state index in [1.165, 1.54) is 12.4 Å². The molecule has 2 aromatic rings. The molecule has 0 saturated heterocycles. The smallest absolute Gasteiger partial charge is 0.361 e. The number of hydrogen-bond donors (Lipinski definition) is 1. The number of nitrogens with two attached hydrogens (primary N) is 1. The van der Waals surface area contributed by atoms with Gasteiger partial charge in [-0.15, -0.1) is 0 Å². The zero-order valence-electron chi connectivity index (χ0n) is 10.2. The number of hydrogen-bond acceptors (Lipinski definition) is 5. The Labute approximate surface area is 115 Å². The molecule has 1 aromatic carbocycles. The SMILES string of the molecule is CC(OC(=O)c1nccnc1N)c1ccccc1Cl. The lowest BCUT2D eigenvalue weighted by Crippen LogP contribution is -2.14. The maximum atomic E-state index is 11.9. The van der Waals surface area contributed by atoms with Crippen LogP contribution in [0.3, 0.4) is 0 Å². The number of nitrogen functional groups attached to an aromatic ring is 1. The minimum atomic E-state index is -0.627. The minimum Gasteiger partial charge on any atom is -0.453 e. The van der Waals surface area contributed by atoms with E-state index in [9.17, 15) is 4.79 Å². The minimum absolute atomic E-state index is 0.00130. The quantitative estimate of drug-likeness (QED) is 0.873. The van der Waals surface area contributed by atoms with Crippen molar-refractivity contribution >= 4 is 23.4 Å². The highest BCUT2D eigenvalue weighted by Crippen LogP contribution is 2.25. The Kier molecular flexibility index (Phi) is 3.97. The van der Waals surface area contributed by atoms with E-state index in [0.29, 0.717) is 5.02 Å². The number of esters is 1. The Morgan fingerprint density at radius 2 is 2.00 bits per heavy atom. The third-order valence-electron chi connectivity index (χ3n) is 2.55. The van der Waals surface area contributed by atoms with E-state index in [1.54, 1.807) is 25.1 Å². The van der Waals surface area contributed by atoms with E-state index in [0.717, 1.165) is 5.56 Å². The third-order valence-corrected chi connectivity index (χ3v) is 2.89. The largest absolute Gasteiger partial charge is 0.453 e. The molecule has 19 heavy (non-hydrogen) atoms. The average Bonchev–Trinajstić information content (AvgIpc) is 2.39. The van der Waals surface area contributed by atoms with Crippen LogP contribution < -0.4 is 5.73 Å². The molecular weight excluding hydrogens is 266 g/mol. The summed E-state index contributed by atoms with van der Waals surface area (Å²) in [7, 11) is 0. The lowest BCUT2D eigenvalue weighted by atomic mass is 10.1. The standard InChI is InChI=1S/C13H12ClN3O2/c1-8(9-4-2-3-5-10(9)14)19-13(18)11-12(15)17-7-6-16-11/h2-8H,1H3,(H2,15,17). The first-order valence-electron chi connectivity index (χ1n) is 5.61. The summed E-state index contributed by atoms with van der Waals surface area (Å²) in [6.45, 7) is 1.73. The maximum Gasteiger partial charge on any atom is 0.361 e. The van der Waals surface area contributed by atoms with E-state index in [2.05, 4.69) is 9.97 Å². The number of halogens is 1. The molecule has 0 bridgehead atoms. The summed E-state index contributed by atoms with van der Waals surface area (Å²) in [5.41, 5.74) is 6.29. The van der Waals surface area contributed by atoms with Gasteiger partial charge in [-0.25, -0.2) is 14.8 Å². The Bertz CT molecular complexity index is 604. The zero-order chi connectivity index (χ0) is 13.8. The lowest BCUT2D eigenvalue weighted by molar-refractivity contribution is 0.0332. The molecular formula is C13H12ClN3O2. The van der Waals surface area contributed by atoms with Crippen LogP contribution in [0.1, 0.15) is 29.1 Å². The molecule has 0 saturated carbocycles. The third kappa shape index (κ3) is 3.00. The number of carbonyl (C=O) groups excluding carboxylic acids is 1. The second-order valence-electron chi connectivity index (χ2n) is 3.86. The molecule has 0 spiro atoms. The van der Waals surface area contributed by atoms with Crippen molar-refractivity contribution in [1.29, 1.82) is 0 Å². The van der Waals surface area contributed by atoms with Gasteiger partial charge in [-0.3, -0.25) is 0 Å². The molecule has 0 aliphatic heterocycles. The molecule has 0 aliphatic carbocycles. The molecule has 0 radical (unpaired) electrons. The molecule has 1 aromatic heterocycles. The van der Waals surface area contributed by atoms with E-state index in [1.807, 2.05) is 6.07 Å². The van der Waals surface area contributed by atoms with E-state index in [-0.39, 0.29) is 11.5 Å². The maximum absolute atomic E-state index is 11.9. The van der Waals surface area contributed by atoms with Crippen molar-refractivity contribution in [2.24, 2.45) is 0 Å². The predicted molar refractivity (Wildman–Crippen MR) is 71.7 cm³/mol. The monoisotopic (exact) mass is 277 g/mol. The molecule has 6 heteroatoms. The first-order valence-corrected chi connectivity index (χ1v) is 5.99. The van der Waals surface area contributed by atoms with Crippen LogP contribution in [0.4, 0.5) is 5.82 Å². The number of rotatable bonds is 3. The van der Waals surface area contributed by atoms with Gasteiger partial charge in [-0.1, -0.05) is 29.8 Å². The van der Waals surface area contributed by atoms with Crippen LogP contribution in [-0.2, 0) is 4.74 Å². The molecule has 0 fully saturated rings. The van der Waals surface area contributed by atoms with Crippen LogP contribution in [0, 0.1) is 0 Å². The van der Waals surface area contributed by atoms with Gasteiger partial charge in [0.2, 0.25) is 0 Å². The number of benzene rings is 1. The highest BCUT2D eigenvalue weighted by Gasteiger charge is 2.19. The highest BCUT2D eigenvalue weighted by atomic mass is 35.5. The van der Waals surface area contributed by atoms with Crippen LogP contribution in [0.25, 0.3) is 0 Å². The summed E-state index contributed by atoms with van der Waals surface area (Å²) in [5.74, 6) is -0.586. The fourth-order valence-electron chi connectivity index (χ4n) is 1.59. The first kappa shape index (κ1) is 13.3. The van der Waals surface area contributed by atoms with E-state index < -0.39 is 12.1 Å². The molecule has 98 valence electrons. The van der Waals surface area contributed by atoms with Gasteiger partial charge in [0, 0.05) is 23.0 Å². The Morgan fingerprint density at radius 1 is 1.32 bits per heavy atom. The van der Waals surface area contributed by atoms with Gasteiger partial charge in [-0.2, -0.15) is 0 Å². The van der Waals surface area contributed by atoms with Crippen molar-refractivity contribution < 1.29 is 9.53 Å². The van der Waals surface area contributed by atoms with Crippen LogP contribution >= 0.6 is 11.6 Å². The molecule has 1 unspecified atom stereocenters. The summed E-state index contributed by atoms with van der Waals surface area (Å²) < 4.78 is 5.28. The zero-order valence-corrected chi connectivity index (χ0v) is 11.0. The number of anilines is 1. The Balaban J connectivity index is 2.16. The van der Waals surface area contributed by atoms with Crippen molar-refractivity contribution in [2.75, 3.05) is 5.73 Å². The van der Waals surface area contributed by atoms with Crippen molar-refractivity contribution in [3.05, 3.63) is 52.9 Å². The van der Waals surface area contributed by atoms with Crippen LogP contribution in [0.2, 0.25) is 5.02 Å². The van der Waals surface area contributed by atoms with Gasteiger partial charge < -0.3 is 10.5 Å². The molecule has 2 N–H and O–H groups in total. The Hall–Kier alpha value is -2.14. The second kappa shape index (κ2) is 5.67. The number of carbonyl (C=O) groups is 1. The molecule has 1 atom stereocenters. The van der Waals surface area contributed by atoms with Gasteiger partial charge in [0.25, 0.3) is 0 Å². The van der Waals surface area contributed by atoms with Crippen molar-refractivity contribution in [1.82, 2.24) is 9.97 Å². The van der Waals surface area contributed by atoms with Gasteiger partial charge in [0.05, 0.1) is 0 Å². The van der Waals surface area contributed by atoms with Gasteiger partial charge in [0.15, 0.2) is 11.5 Å². The summed E-state index contributed by atoms with van der Waals surface area (Å²) in [4.78, 5) is 19.6. The molecule has 5 nitrogen and oxygen atoms in total. The summed E-state index contributed by atoms with van der Waals surface area (Å²) in [6, 6.07) is 7.15. The lowest BCUT2D eigenvalue weighted by Gasteiger charge is -2.14. The van der Waals surface area contributed by atoms with Crippen molar-refractivity contribution in [2.45, 2.75) is 13.0 Å². The second-order valence-corrected chi connectivity index (χ2v) is 4.27. The molecule has 0 aliphatic rings. The van der Waals surface area contributed by atoms with E-state index in [4.69, 9.17) is 22.1 Å². The van der Waals surface area contributed by atoms with Gasteiger partial charge >= 0.3 is 5.97 Å². The fourth-order valence-corrected chi connectivity index (χ4v) is 1.88. The van der Waals surface area contributed by atoms with Crippen molar-refractivity contribution in [3.8, 4) is 0 Å². The number of aromatic nitrogens is 2. The molecule has 0 amide bonds. The van der Waals surface area contributed by atoms with E-state index >= 15 is 0 Å². The Morgan fingerprint density at radius 3 is 2.68 bits per heavy atom. The first-order chi connectivity index (χ1) is 9.09. The van der Waals surface area contributed by atoms with Crippen LogP contribution in [0.5, 0.6) is 0 Å². The highest BCUT2D eigenvalue weighted by molar-refractivity contribution is 6.31. The van der Waals surface area contributed by atoms with Gasteiger partial charge in [-0.05, 0) is 13.0 Å². The van der Waals surface area contributed by atoms with Crippen molar-refractivity contribution in [3.63, 3.8) is 0 Å². The number of ether oxygens (including phenoxy) is 1. The normalized spacial score (nSPS) is 11.9.